The highest BCUT2D eigenvalue weighted by atomic mass is 16.1. The number of benzene rings is 2. The Morgan fingerprint density at radius 3 is 2.62 bits per heavy atom. The van der Waals surface area contributed by atoms with E-state index in [1.54, 1.807) is 0 Å². The monoisotopic (exact) mass is 389 g/mol. The van der Waals surface area contributed by atoms with Crippen LogP contribution in [-0.4, -0.2) is 35.4 Å². The molecule has 0 atom stereocenters. The van der Waals surface area contributed by atoms with E-state index >= 15 is 0 Å². The number of rotatable bonds is 8. The number of aryl methyl sites for hydroxylation is 1. The molecule has 3 aromatic rings. The van der Waals surface area contributed by atoms with Gasteiger partial charge in [0.15, 0.2) is 0 Å². The zero-order valence-corrected chi connectivity index (χ0v) is 17.1. The standard InChI is InChI=1S/C25H31N3O/c29-25(11-10-22-18-27-24-9-5-4-8-23(22)24)26-15-12-20-13-16-28(17-14-20)19-21-6-2-1-3-7-21/h1-9,18,20,27H,10-17,19H2,(H,26,29). The van der Waals surface area contributed by atoms with Gasteiger partial charge in [-0.25, -0.2) is 0 Å². The Bertz CT molecular complexity index is 910. The summed E-state index contributed by atoms with van der Waals surface area (Å²) in [7, 11) is 0. The Balaban J connectivity index is 1.12. The first-order chi connectivity index (χ1) is 14.3. The lowest BCUT2D eigenvalue weighted by atomic mass is 9.93. The van der Waals surface area contributed by atoms with Crippen LogP contribution in [0.15, 0.2) is 60.8 Å². The van der Waals surface area contributed by atoms with E-state index in [0.29, 0.717) is 6.42 Å². The molecule has 4 heteroatoms. The summed E-state index contributed by atoms with van der Waals surface area (Å²) in [6.07, 6.45) is 6.93. The Hall–Kier alpha value is -2.59. The van der Waals surface area contributed by atoms with Crippen LogP contribution in [0.2, 0.25) is 0 Å². The Labute approximate surface area is 173 Å². The van der Waals surface area contributed by atoms with Gasteiger partial charge in [-0.15, -0.1) is 0 Å². The Morgan fingerprint density at radius 1 is 1.03 bits per heavy atom. The molecule has 0 saturated carbocycles. The maximum Gasteiger partial charge on any atom is 0.220 e. The summed E-state index contributed by atoms with van der Waals surface area (Å²) in [5, 5.41) is 4.35. The predicted molar refractivity (Wildman–Crippen MR) is 119 cm³/mol. The third-order valence-electron chi connectivity index (χ3n) is 6.13. The van der Waals surface area contributed by atoms with Crippen molar-refractivity contribution < 1.29 is 4.79 Å². The first-order valence-corrected chi connectivity index (χ1v) is 10.9. The molecular formula is C25H31N3O. The van der Waals surface area contributed by atoms with Crippen molar-refractivity contribution in [1.29, 1.82) is 0 Å². The molecule has 29 heavy (non-hydrogen) atoms. The third-order valence-corrected chi connectivity index (χ3v) is 6.13. The first kappa shape index (κ1) is 19.7. The molecule has 1 aliphatic heterocycles. The van der Waals surface area contributed by atoms with Crippen molar-refractivity contribution in [2.24, 2.45) is 5.92 Å². The molecule has 0 spiro atoms. The molecule has 2 N–H and O–H groups in total. The van der Waals surface area contributed by atoms with E-state index in [1.165, 1.54) is 29.4 Å². The second-order valence-electron chi connectivity index (χ2n) is 8.20. The van der Waals surface area contributed by atoms with Gasteiger partial charge in [0.1, 0.15) is 0 Å². The van der Waals surface area contributed by atoms with Crippen LogP contribution in [0, 0.1) is 5.92 Å². The van der Waals surface area contributed by atoms with Crippen LogP contribution < -0.4 is 5.32 Å². The number of nitrogens with zero attached hydrogens (tertiary/aromatic N) is 1. The molecule has 152 valence electrons. The maximum atomic E-state index is 12.2. The Morgan fingerprint density at radius 2 is 1.79 bits per heavy atom. The van der Waals surface area contributed by atoms with E-state index in [0.717, 1.165) is 50.5 Å². The molecule has 1 saturated heterocycles. The highest BCUT2D eigenvalue weighted by molar-refractivity contribution is 5.84. The van der Waals surface area contributed by atoms with Gasteiger partial charge in [0.25, 0.3) is 0 Å². The molecule has 1 fully saturated rings. The zero-order chi connectivity index (χ0) is 19.9. The molecule has 1 aliphatic rings. The highest BCUT2D eigenvalue weighted by Gasteiger charge is 2.19. The number of amides is 1. The largest absolute Gasteiger partial charge is 0.361 e. The van der Waals surface area contributed by atoms with E-state index in [1.807, 2.05) is 18.3 Å². The SMILES string of the molecule is O=C(CCc1c[nH]c2ccccc12)NCCC1CCN(Cc2ccccc2)CC1. The third kappa shape index (κ3) is 5.48. The highest BCUT2D eigenvalue weighted by Crippen LogP contribution is 2.22. The predicted octanol–water partition coefficient (Wildman–Crippen LogP) is 4.52. The number of carbonyl (C=O) groups excluding carboxylic acids is 1. The molecule has 0 radical (unpaired) electrons. The van der Waals surface area contributed by atoms with Gasteiger partial charge in [0, 0.05) is 36.6 Å². The summed E-state index contributed by atoms with van der Waals surface area (Å²) < 4.78 is 0. The van der Waals surface area contributed by atoms with E-state index in [-0.39, 0.29) is 5.91 Å². The minimum Gasteiger partial charge on any atom is -0.361 e. The number of nitrogens with one attached hydrogen (secondary N) is 2. The number of H-pyrrole nitrogens is 1. The quantitative estimate of drug-likeness (QED) is 0.595. The van der Waals surface area contributed by atoms with Crippen LogP contribution >= 0.6 is 0 Å². The lowest BCUT2D eigenvalue weighted by molar-refractivity contribution is -0.121. The van der Waals surface area contributed by atoms with Crippen LogP contribution in [0.5, 0.6) is 0 Å². The molecule has 0 unspecified atom stereocenters. The summed E-state index contributed by atoms with van der Waals surface area (Å²) >= 11 is 0. The topological polar surface area (TPSA) is 48.1 Å². The number of aromatic nitrogens is 1. The molecular weight excluding hydrogens is 358 g/mol. The number of fused-ring (bicyclic) bond motifs is 1. The van der Waals surface area contributed by atoms with Crippen molar-refractivity contribution >= 4 is 16.8 Å². The summed E-state index contributed by atoms with van der Waals surface area (Å²) in [5.74, 6) is 0.896. The molecule has 4 rings (SSSR count). The lowest BCUT2D eigenvalue weighted by Crippen LogP contribution is -2.34. The number of carbonyl (C=O) groups is 1. The van der Waals surface area contributed by atoms with Crippen LogP contribution in [0.1, 0.15) is 36.8 Å². The van der Waals surface area contributed by atoms with Crippen molar-refractivity contribution in [3.05, 3.63) is 71.9 Å². The number of aromatic amines is 1. The Kier molecular flexibility index (Phi) is 6.63. The van der Waals surface area contributed by atoms with Gasteiger partial charge < -0.3 is 10.3 Å². The average molecular weight is 390 g/mol. The van der Waals surface area contributed by atoms with Crippen molar-refractivity contribution in [2.45, 2.75) is 38.6 Å². The van der Waals surface area contributed by atoms with E-state index in [4.69, 9.17) is 0 Å². The minimum atomic E-state index is 0.164. The molecule has 2 heterocycles. The van der Waals surface area contributed by atoms with Crippen LogP contribution in [0.4, 0.5) is 0 Å². The van der Waals surface area contributed by atoms with Crippen molar-refractivity contribution in [3.63, 3.8) is 0 Å². The second-order valence-corrected chi connectivity index (χ2v) is 8.20. The maximum absolute atomic E-state index is 12.2. The summed E-state index contributed by atoms with van der Waals surface area (Å²) in [6, 6.07) is 19.0. The summed E-state index contributed by atoms with van der Waals surface area (Å²) in [4.78, 5) is 18.1. The molecule has 1 amide bonds. The van der Waals surface area contributed by atoms with Gasteiger partial charge in [0.2, 0.25) is 5.91 Å². The number of likely N-dealkylation sites (tertiary alicyclic amines) is 1. The normalized spacial score (nSPS) is 15.6. The van der Waals surface area contributed by atoms with E-state index in [2.05, 4.69) is 57.7 Å². The average Bonchev–Trinajstić information content (AvgIpc) is 3.17. The summed E-state index contributed by atoms with van der Waals surface area (Å²) in [5.41, 5.74) is 3.76. The number of hydrogen-bond acceptors (Lipinski definition) is 2. The zero-order valence-electron chi connectivity index (χ0n) is 17.1. The van der Waals surface area contributed by atoms with Crippen molar-refractivity contribution in [1.82, 2.24) is 15.2 Å². The number of piperidine rings is 1. The van der Waals surface area contributed by atoms with Crippen LogP contribution in [0.25, 0.3) is 10.9 Å². The van der Waals surface area contributed by atoms with Gasteiger partial charge in [0.05, 0.1) is 0 Å². The smallest absolute Gasteiger partial charge is 0.220 e. The van der Waals surface area contributed by atoms with Gasteiger partial charge in [-0.2, -0.15) is 0 Å². The molecule has 1 aromatic heterocycles. The fourth-order valence-corrected chi connectivity index (χ4v) is 4.37. The van der Waals surface area contributed by atoms with Crippen LogP contribution in [0.3, 0.4) is 0 Å². The van der Waals surface area contributed by atoms with Gasteiger partial charge in [-0.1, -0.05) is 48.5 Å². The second kappa shape index (κ2) is 9.75. The molecule has 0 aliphatic carbocycles. The first-order valence-electron chi connectivity index (χ1n) is 10.9. The number of para-hydroxylation sites is 1. The van der Waals surface area contributed by atoms with E-state index in [9.17, 15) is 4.79 Å². The lowest BCUT2D eigenvalue weighted by Gasteiger charge is -2.32. The van der Waals surface area contributed by atoms with Gasteiger partial charge >= 0.3 is 0 Å². The fraction of sp³-hybridized carbons (Fsp3) is 0.400. The van der Waals surface area contributed by atoms with Crippen molar-refractivity contribution in [2.75, 3.05) is 19.6 Å². The molecule has 4 nitrogen and oxygen atoms in total. The van der Waals surface area contributed by atoms with Gasteiger partial charge in [-0.3, -0.25) is 9.69 Å². The fourth-order valence-electron chi connectivity index (χ4n) is 4.37. The number of hydrogen-bond donors (Lipinski definition) is 2. The van der Waals surface area contributed by atoms with Crippen LogP contribution in [-0.2, 0) is 17.8 Å². The van der Waals surface area contributed by atoms with Gasteiger partial charge in [-0.05, 0) is 61.9 Å². The molecule has 2 aromatic carbocycles. The minimum absolute atomic E-state index is 0.164. The summed E-state index contributed by atoms with van der Waals surface area (Å²) in [6.45, 7) is 4.18. The van der Waals surface area contributed by atoms with Crippen molar-refractivity contribution in [3.8, 4) is 0 Å². The molecule has 0 bridgehead atoms. The van der Waals surface area contributed by atoms with E-state index < -0.39 is 0 Å².